The van der Waals surface area contributed by atoms with Gasteiger partial charge in [0.1, 0.15) is 0 Å². The molecular weight excluding hydrogens is 334 g/mol. The summed E-state index contributed by atoms with van der Waals surface area (Å²) in [5.41, 5.74) is 3.15. The lowest BCUT2D eigenvalue weighted by atomic mass is 10.1. The first-order chi connectivity index (χ1) is 12.4. The summed E-state index contributed by atoms with van der Waals surface area (Å²) in [5.74, 6) is 0.448. The SMILES string of the molecule is Cc1cc(C)n(-c2ccc(NC(=O)Cc3ccc([N+](=O)[O-])cc3)cn2)n1. The molecule has 3 rings (SSSR count). The smallest absolute Gasteiger partial charge is 0.269 e. The number of aryl methyl sites for hydroxylation is 2. The fourth-order valence-corrected chi connectivity index (χ4v) is 2.57. The quantitative estimate of drug-likeness (QED) is 0.562. The van der Waals surface area contributed by atoms with Crippen molar-refractivity contribution in [2.45, 2.75) is 20.3 Å². The predicted molar refractivity (Wildman–Crippen MR) is 96.3 cm³/mol. The van der Waals surface area contributed by atoms with Gasteiger partial charge in [-0.25, -0.2) is 9.67 Å². The highest BCUT2D eigenvalue weighted by molar-refractivity contribution is 5.92. The molecule has 8 heteroatoms. The molecule has 2 aromatic heterocycles. The summed E-state index contributed by atoms with van der Waals surface area (Å²) in [5, 5.41) is 17.8. The van der Waals surface area contributed by atoms with E-state index in [0.29, 0.717) is 17.1 Å². The van der Waals surface area contributed by atoms with Gasteiger partial charge in [0.05, 0.1) is 28.9 Å². The molecule has 0 fully saturated rings. The van der Waals surface area contributed by atoms with Crippen LogP contribution in [-0.4, -0.2) is 25.6 Å². The fourth-order valence-electron chi connectivity index (χ4n) is 2.57. The minimum Gasteiger partial charge on any atom is -0.324 e. The molecule has 0 saturated carbocycles. The summed E-state index contributed by atoms with van der Waals surface area (Å²) in [6.45, 7) is 3.86. The largest absolute Gasteiger partial charge is 0.324 e. The van der Waals surface area contributed by atoms with Crippen LogP contribution in [0.3, 0.4) is 0 Å². The first kappa shape index (κ1) is 17.3. The first-order valence-corrected chi connectivity index (χ1v) is 7.95. The van der Waals surface area contributed by atoms with Crippen molar-refractivity contribution >= 4 is 17.3 Å². The molecule has 0 bridgehead atoms. The van der Waals surface area contributed by atoms with Crippen molar-refractivity contribution in [1.82, 2.24) is 14.8 Å². The van der Waals surface area contributed by atoms with Crippen LogP contribution >= 0.6 is 0 Å². The van der Waals surface area contributed by atoms with Crippen LogP contribution in [0.25, 0.3) is 5.82 Å². The van der Waals surface area contributed by atoms with E-state index in [-0.39, 0.29) is 18.0 Å². The number of pyridine rings is 1. The van der Waals surface area contributed by atoms with Gasteiger partial charge in [-0.15, -0.1) is 0 Å². The van der Waals surface area contributed by atoms with Gasteiger partial charge in [0, 0.05) is 17.8 Å². The van der Waals surface area contributed by atoms with Crippen molar-refractivity contribution in [3.63, 3.8) is 0 Å². The topological polar surface area (TPSA) is 103 Å². The number of non-ortho nitro benzene ring substituents is 1. The highest BCUT2D eigenvalue weighted by Crippen LogP contribution is 2.15. The average Bonchev–Trinajstić information content (AvgIpc) is 2.94. The number of hydrogen-bond donors (Lipinski definition) is 1. The van der Waals surface area contributed by atoms with Crippen LogP contribution in [0.5, 0.6) is 0 Å². The molecule has 3 aromatic rings. The Morgan fingerprint density at radius 1 is 1.19 bits per heavy atom. The Kier molecular flexibility index (Phi) is 4.74. The van der Waals surface area contributed by atoms with Gasteiger partial charge in [-0.3, -0.25) is 14.9 Å². The third kappa shape index (κ3) is 3.92. The molecule has 1 aromatic carbocycles. The first-order valence-electron chi connectivity index (χ1n) is 7.95. The third-order valence-corrected chi connectivity index (χ3v) is 3.77. The van der Waals surface area contributed by atoms with Gasteiger partial charge in [-0.1, -0.05) is 12.1 Å². The maximum absolute atomic E-state index is 12.1. The highest BCUT2D eigenvalue weighted by Gasteiger charge is 2.09. The molecule has 0 aliphatic carbocycles. The Balaban J connectivity index is 1.64. The summed E-state index contributed by atoms with van der Waals surface area (Å²) >= 11 is 0. The summed E-state index contributed by atoms with van der Waals surface area (Å²) < 4.78 is 1.73. The van der Waals surface area contributed by atoms with Crippen LogP contribution in [0, 0.1) is 24.0 Å². The van der Waals surface area contributed by atoms with E-state index in [1.54, 1.807) is 35.1 Å². The lowest BCUT2D eigenvalue weighted by Gasteiger charge is -2.07. The number of nitro groups is 1. The molecular formula is C18H17N5O3. The van der Waals surface area contributed by atoms with Crippen molar-refractivity contribution in [3.05, 3.63) is 75.7 Å². The number of nitrogens with zero attached hydrogens (tertiary/aromatic N) is 4. The Bertz CT molecular complexity index is 946. The second-order valence-electron chi connectivity index (χ2n) is 5.89. The molecule has 0 saturated heterocycles. The lowest BCUT2D eigenvalue weighted by molar-refractivity contribution is -0.384. The molecule has 2 heterocycles. The lowest BCUT2D eigenvalue weighted by Crippen LogP contribution is -2.14. The molecule has 0 aliphatic heterocycles. The fraction of sp³-hybridized carbons (Fsp3) is 0.167. The van der Waals surface area contributed by atoms with Gasteiger partial charge < -0.3 is 5.32 Å². The van der Waals surface area contributed by atoms with Crippen LogP contribution in [0.15, 0.2) is 48.7 Å². The summed E-state index contributed by atoms with van der Waals surface area (Å²) in [4.78, 5) is 26.6. The maximum atomic E-state index is 12.1. The van der Waals surface area contributed by atoms with E-state index in [9.17, 15) is 14.9 Å². The highest BCUT2D eigenvalue weighted by atomic mass is 16.6. The number of benzene rings is 1. The van der Waals surface area contributed by atoms with E-state index in [2.05, 4.69) is 15.4 Å². The number of hydrogen-bond acceptors (Lipinski definition) is 5. The Morgan fingerprint density at radius 2 is 1.92 bits per heavy atom. The Hall–Kier alpha value is -3.55. The average molecular weight is 351 g/mol. The zero-order valence-corrected chi connectivity index (χ0v) is 14.3. The zero-order valence-electron chi connectivity index (χ0n) is 14.3. The zero-order chi connectivity index (χ0) is 18.7. The summed E-state index contributed by atoms with van der Waals surface area (Å²) in [6.07, 6.45) is 1.69. The molecule has 1 amide bonds. The van der Waals surface area contributed by atoms with E-state index in [1.165, 1.54) is 12.1 Å². The number of rotatable bonds is 5. The Morgan fingerprint density at radius 3 is 2.46 bits per heavy atom. The monoisotopic (exact) mass is 351 g/mol. The molecule has 26 heavy (non-hydrogen) atoms. The molecule has 0 aliphatic rings. The summed E-state index contributed by atoms with van der Waals surface area (Å²) in [6, 6.07) is 11.4. The molecule has 0 spiro atoms. The van der Waals surface area contributed by atoms with Crippen molar-refractivity contribution in [1.29, 1.82) is 0 Å². The summed E-state index contributed by atoms with van der Waals surface area (Å²) in [7, 11) is 0. The number of nitrogens with one attached hydrogen (secondary N) is 1. The van der Waals surface area contributed by atoms with E-state index < -0.39 is 4.92 Å². The molecule has 8 nitrogen and oxygen atoms in total. The predicted octanol–water partition coefficient (Wildman–Crippen LogP) is 2.97. The van der Waals surface area contributed by atoms with Gasteiger partial charge in [0.25, 0.3) is 5.69 Å². The molecule has 1 N–H and O–H groups in total. The number of nitro benzene ring substituents is 1. The van der Waals surface area contributed by atoms with Crippen LogP contribution < -0.4 is 5.32 Å². The molecule has 0 radical (unpaired) electrons. The second-order valence-corrected chi connectivity index (χ2v) is 5.89. The van der Waals surface area contributed by atoms with Crippen molar-refractivity contribution in [3.8, 4) is 5.82 Å². The third-order valence-electron chi connectivity index (χ3n) is 3.77. The number of amides is 1. The maximum Gasteiger partial charge on any atom is 0.269 e. The molecule has 0 unspecified atom stereocenters. The van der Waals surface area contributed by atoms with Crippen molar-refractivity contribution in [2.24, 2.45) is 0 Å². The van der Waals surface area contributed by atoms with Gasteiger partial charge in [-0.05, 0) is 37.6 Å². The van der Waals surface area contributed by atoms with Crippen LogP contribution in [0.4, 0.5) is 11.4 Å². The standard InChI is InChI=1S/C18H17N5O3/c1-12-9-13(2)22(21-12)17-8-5-15(11-19-17)20-18(24)10-14-3-6-16(7-4-14)23(25)26/h3-9,11H,10H2,1-2H3,(H,20,24). The minimum atomic E-state index is -0.472. The second kappa shape index (κ2) is 7.14. The van der Waals surface area contributed by atoms with E-state index in [1.807, 2.05) is 19.9 Å². The normalized spacial score (nSPS) is 10.5. The van der Waals surface area contributed by atoms with Crippen LogP contribution in [-0.2, 0) is 11.2 Å². The van der Waals surface area contributed by atoms with Crippen LogP contribution in [0.2, 0.25) is 0 Å². The van der Waals surface area contributed by atoms with Gasteiger partial charge in [0.2, 0.25) is 5.91 Å². The van der Waals surface area contributed by atoms with Gasteiger partial charge in [0.15, 0.2) is 5.82 Å². The van der Waals surface area contributed by atoms with Crippen molar-refractivity contribution in [2.75, 3.05) is 5.32 Å². The van der Waals surface area contributed by atoms with E-state index >= 15 is 0 Å². The van der Waals surface area contributed by atoms with Crippen molar-refractivity contribution < 1.29 is 9.72 Å². The van der Waals surface area contributed by atoms with Gasteiger partial charge in [-0.2, -0.15) is 5.10 Å². The van der Waals surface area contributed by atoms with Gasteiger partial charge >= 0.3 is 0 Å². The number of anilines is 1. The molecule has 132 valence electrons. The van der Waals surface area contributed by atoms with E-state index in [4.69, 9.17) is 0 Å². The number of aromatic nitrogens is 3. The minimum absolute atomic E-state index is 0.00176. The van der Waals surface area contributed by atoms with E-state index in [0.717, 1.165) is 11.4 Å². The molecule has 0 atom stereocenters. The number of carbonyl (C=O) groups is 1. The van der Waals surface area contributed by atoms with Crippen LogP contribution in [0.1, 0.15) is 17.0 Å². The Labute approximate surface area is 149 Å². The number of carbonyl (C=O) groups excluding carboxylic acids is 1.